The van der Waals surface area contributed by atoms with Crippen molar-refractivity contribution in [3.63, 3.8) is 0 Å². The van der Waals surface area contributed by atoms with Gasteiger partial charge in [-0.15, -0.1) is 0 Å². The van der Waals surface area contributed by atoms with E-state index in [1.165, 1.54) is 13.0 Å². The summed E-state index contributed by atoms with van der Waals surface area (Å²) in [6, 6.07) is 4.54. The summed E-state index contributed by atoms with van der Waals surface area (Å²) in [4.78, 5) is 27.1. The van der Waals surface area contributed by atoms with Crippen LogP contribution in [0.1, 0.15) is 30.1 Å². The molecule has 1 aromatic carbocycles. The van der Waals surface area contributed by atoms with Crippen LogP contribution in [0.15, 0.2) is 18.2 Å². The van der Waals surface area contributed by atoms with Crippen molar-refractivity contribution < 1.29 is 14.0 Å². The summed E-state index contributed by atoms with van der Waals surface area (Å²) >= 11 is 0. The van der Waals surface area contributed by atoms with Gasteiger partial charge in [-0.3, -0.25) is 9.59 Å². The van der Waals surface area contributed by atoms with Gasteiger partial charge in [-0.25, -0.2) is 4.39 Å². The maximum Gasteiger partial charge on any atom is 0.242 e. The Morgan fingerprint density at radius 1 is 1.18 bits per heavy atom. The van der Waals surface area contributed by atoms with Crippen LogP contribution >= 0.6 is 0 Å². The van der Waals surface area contributed by atoms with Gasteiger partial charge in [-0.05, 0) is 38.0 Å². The summed E-state index contributed by atoms with van der Waals surface area (Å²) < 4.78 is 14.2. The normalized spacial score (nSPS) is 20.0. The number of nitrogens with zero attached hydrogens (tertiary/aromatic N) is 2. The fraction of sp³-hybridized carbons (Fsp3) is 0.500. The van der Waals surface area contributed by atoms with E-state index >= 15 is 0 Å². The SMILES string of the molecule is CC(=O)c1ccc(N2CCN(C(=O)C3(N)CC3)CC2)c(F)c1. The highest BCUT2D eigenvalue weighted by Gasteiger charge is 2.48. The molecular formula is C16H20FN3O2. The molecule has 3 rings (SSSR count). The number of ketones is 1. The Kier molecular flexibility index (Phi) is 3.64. The second-order valence-electron chi connectivity index (χ2n) is 6.16. The van der Waals surface area contributed by atoms with Crippen molar-refractivity contribution in [2.75, 3.05) is 31.1 Å². The van der Waals surface area contributed by atoms with Crippen molar-refractivity contribution in [3.05, 3.63) is 29.6 Å². The van der Waals surface area contributed by atoms with Gasteiger partial charge in [-0.2, -0.15) is 0 Å². The lowest BCUT2D eigenvalue weighted by atomic mass is 10.1. The maximum absolute atomic E-state index is 14.2. The average Bonchev–Trinajstić information content (AvgIpc) is 3.25. The molecule has 2 aliphatic rings. The number of Topliss-reactive ketones (excluding diaryl/α,β-unsaturated/α-hetero) is 1. The quantitative estimate of drug-likeness (QED) is 0.851. The highest BCUT2D eigenvalue weighted by atomic mass is 19.1. The first-order valence-electron chi connectivity index (χ1n) is 7.54. The molecule has 1 aliphatic heterocycles. The molecule has 1 saturated heterocycles. The van der Waals surface area contributed by atoms with Crippen LogP contribution in [0.5, 0.6) is 0 Å². The number of carbonyl (C=O) groups excluding carboxylic acids is 2. The Hall–Kier alpha value is -1.95. The molecule has 1 saturated carbocycles. The number of benzene rings is 1. The second-order valence-corrected chi connectivity index (χ2v) is 6.16. The van der Waals surface area contributed by atoms with Gasteiger partial charge in [0.15, 0.2) is 5.78 Å². The van der Waals surface area contributed by atoms with Crippen LogP contribution in [0.25, 0.3) is 0 Å². The molecule has 1 heterocycles. The van der Waals surface area contributed by atoms with E-state index in [1.807, 2.05) is 4.90 Å². The van der Waals surface area contributed by atoms with E-state index in [-0.39, 0.29) is 11.7 Å². The number of halogens is 1. The lowest BCUT2D eigenvalue weighted by Gasteiger charge is -2.37. The Balaban J connectivity index is 1.66. The predicted molar refractivity (Wildman–Crippen MR) is 81.3 cm³/mol. The second kappa shape index (κ2) is 5.35. The zero-order chi connectivity index (χ0) is 15.9. The van der Waals surface area contributed by atoms with E-state index in [9.17, 15) is 14.0 Å². The molecule has 0 unspecified atom stereocenters. The van der Waals surface area contributed by atoms with Crippen molar-refractivity contribution in [1.82, 2.24) is 4.90 Å². The molecule has 2 fully saturated rings. The molecule has 0 radical (unpaired) electrons. The molecule has 0 spiro atoms. The van der Waals surface area contributed by atoms with E-state index in [2.05, 4.69) is 0 Å². The number of anilines is 1. The first-order chi connectivity index (χ1) is 10.4. The third-order valence-corrected chi connectivity index (χ3v) is 4.48. The number of amides is 1. The van der Waals surface area contributed by atoms with Crippen LogP contribution < -0.4 is 10.6 Å². The van der Waals surface area contributed by atoms with Crippen LogP contribution in [0.2, 0.25) is 0 Å². The minimum Gasteiger partial charge on any atom is -0.366 e. The highest BCUT2D eigenvalue weighted by Crippen LogP contribution is 2.34. The summed E-state index contributed by atoms with van der Waals surface area (Å²) in [6.45, 7) is 3.65. The summed E-state index contributed by atoms with van der Waals surface area (Å²) in [7, 11) is 0. The molecule has 0 atom stereocenters. The van der Waals surface area contributed by atoms with Gasteiger partial charge < -0.3 is 15.5 Å². The molecule has 1 amide bonds. The van der Waals surface area contributed by atoms with Gasteiger partial charge in [0.25, 0.3) is 0 Å². The zero-order valence-electron chi connectivity index (χ0n) is 12.6. The standard InChI is InChI=1S/C16H20FN3O2/c1-11(21)12-2-3-14(13(17)10-12)19-6-8-20(9-7-19)15(22)16(18)4-5-16/h2-3,10H,4-9,18H2,1H3. The van der Waals surface area contributed by atoms with Crippen molar-refractivity contribution in [2.24, 2.45) is 5.73 Å². The van der Waals surface area contributed by atoms with Gasteiger partial charge in [0.05, 0.1) is 11.2 Å². The van der Waals surface area contributed by atoms with Gasteiger partial charge in [0.1, 0.15) is 5.82 Å². The number of rotatable bonds is 3. The van der Waals surface area contributed by atoms with Crippen LogP contribution in [-0.2, 0) is 4.79 Å². The first-order valence-corrected chi connectivity index (χ1v) is 7.54. The van der Waals surface area contributed by atoms with Crippen molar-refractivity contribution in [3.8, 4) is 0 Å². The molecule has 6 heteroatoms. The number of piperazine rings is 1. The molecule has 0 aromatic heterocycles. The molecular weight excluding hydrogens is 285 g/mol. The summed E-state index contributed by atoms with van der Waals surface area (Å²) in [5.41, 5.74) is 6.14. The van der Waals surface area contributed by atoms with Gasteiger partial charge in [-0.1, -0.05) is 0 Å². The van der Waals surface area contributed by atoms with Gasteiger partial charge >= 0.3 is 0 Å². The Labute approximate surface area is 128 Å². The number of hydrogen-bond acceptors (Lipinski definition) is 4. The fourth-order valence-electron chi connectivity index (χ4n) is 2.80. The summed E-state index contributed by atoms with van der Waals surface area (Å²) in [5, 5.41) is 0. The van der Waals surface area contributed by atoms with Crippen LogP contribution in [0, 0.1) is 5.82 Å². The maximum atomic E-state index is 14.2. The van der Waals surface area contributed by atoms with Crippen LogP contribution in [0.3, 0.4) is 0 Å². The predicted octanol–water partition coefficient (Wildman–Crippen LogP) is 1.17. The fourth-order valence-corrected chi connectivity index (χ4v) is 2.80. The molecule has 1 aromatic rings. The molecule has 1 aliphatic carbocycles. The van der Waals surface area contributed by atoms with Crippen molar-refractivity contribution in [2.45, 2.75) is 25.3 Å². The highest BCUT2D eigenvalue weighted by molar-refractivity contribution is 5.94. The lowest BCUT2D eigenvalue weighted by molar-refractivity contribution is -0.133. The summed E-state index contributed by atoms with van der Waals surface area (Å²) in [5.74, 6) is -0.539. The molecule has 5 nitrogen and oxygen atoms in total. The minimum absolute atomic E-state index is 0.0135. The molecule has 22 heavy (non-hydrogen) atoms. The minimum atomic E-state index is -0.642. The largest absolute Gasteiger partial charge is 0.366 e. The van der Waals surface area contributed by atoms with Gasteiger partial charge in [0.2, 0.25) is 5.91 Å². The zero-order valence-corrected chi connectivity index (χ0v) is 12.6. The summed E-state index contributed by atoms with van der Waals surface area (Å²) in [6.07, 6.45) is 1.51. The third-order valence-electron chi connectivity index (χ3n) is 4.48. The molecule has 2 N–H and O–H groups in total. The number of nitrogens with two attached hydrogens (primary N) is 1. The monoisotopic (exact) mass is 305 g/mol. The Bertz CT molecular complexity index is 620. The molecule has 0 bridgehead atoms. The number of carbonyl (C=O) groups is 2. The Morgan fingerprint density at radius 2 is 1.82 bits per heavy atom. The van der Waals surface area contributed by atoms with E-state index < -0.39 is 11.4 Å². The topological polar surface area (TPSA) is 66.6 Å². The van der Waals surface area contributed by atoms with E-state index in [0.717, 1.165) is 12.8 Å². The lowest BCUT2D eigenvalue weighted by Crippen LogP contribution is -2.54. The van der Waals surface area contributed by atoms with Crippen LogP contribution in [0.4, 0.5) is 10.1 Å². The van der Waals surface area contributed by atoms with E-state index in [4.69, 9.17) is 5.73 Å². The van der Waals surface area contributed by atoms with E-state index in [0.29, 0.717) is 37.4 Å². The van der Waals surface area contributed by atoms with Crippen molar-refractivity contribution in [1.29, 1.82) is 0 Å². The van der Waals surface area contributed by atoms with Gasteiger partial charge in [0, 0.05) is 31.7 Å². The smallest absolute Gasteiger partial charge is 0.242 e. The van der Waals surface area contributed by atoms with E-state index in [1.54, 1.807) is 17.0 Å². The van der Waals surface area contributed by atoms with Crippen molar-refractivity contribution >= 4 is 17.4 Å². The first kappa shape index (κ1) is 15.0. The number of hydrogen-bond donors (Lipinski definition) is 1. The average molecular weight is 305 g/mol. The van der Waals surface area contributed by atoms with Crippen LogP contribution in [-0.4, -0.2) is 48.3 Å². The Morgan fingerprint density at radius 3 is 2.32 bits per heavy atom. The third kappa shape index (κ3) is 2.70. The molecule has 118 valence electrons.